The molecule has 0 atom stereocenters. The first-order chi connectivity index (χ1) is 14.3. The van der Waals surface area contributed by atoms with Crippen molar-refractivity contribution in [3.05, 3.63) is 48.5 Å². The third-order valence-corrected chi connectivity index (χ3v) is 5.01. The molecule has 0 aliphatic carbocycles. The monoisotopic (exact) mass is 438 g/mol. The van der Waals surface area contributed by atoms with Crippen molar-refractivity contribution < 1.29 is 14.2 Å². The fourth-order valence-corrected chi connectivity index (χ4v) is 3.20. The van der Waals surface area contributed by atoms with Crippen LogP contribution >= 0.6 is 23.2 Å². The molecule has 0 radical (unpaired) electrons. The van der Waals surface area contributed by atoms with Crippen molar-refractivity contribution in [3.8, 4) is 23.0 Å². The van der Waals surface area contributed by atoms with Crippen LogP contribution < -0.4 is 14.2 Å². The average Bonchev–Trinajstić information content (AvgIpc) is 2.75. The highest BCUT2D eigenvalue weighted by molar-refractivity contribution is 6.18. The van der Waals surface area contributed by atoms with E-state index in [-0.39, 0.29) is 0 Å². The fraction of sp³-hybridized carbons (Fsp3) is 0.500. The van der Waals surface area contributed by atoms with Crippen LogP contribution in [0.1, 0.15) is 51.4 Å². The molecule has 0 heterocycles. The molecule has 2 aromatic carbocycles. The van der Waals surface area contributed by atoms with Crippen LogP contribution in [0.4, 0.5) is 0 Å². The van der Waals surface area contributed by atoms with Gasteiger partial charge in [0, 0.05) is 11.8 Å². The maximum absolute atomic E-state index is 5.89. The Kier molecular flexibility index (Phi) is 12.5. The van der Waals surface area contributed by atoms with E-state index in [2.05, 4.69) is 0 Å². The molecular weight excluding hydrogens is 407 g/mol. The summed E-state index contributed by atoms with van der Waals surface area (Å²) in [5.74, 6) is 4.79. The molecule has 3 nitrogen and oxygen atoms in total. The van der Waals surface area contributed by atoms with E-state index in [0.29, 0.717) is 0 Å². The molecule has 0 amide bonds. The molecule has 2 rings (SSSR count). The van der Waals surface area contributed by atoms with Gasteiger partial charge in [-0.05, 0) is 74.2 Å². The third kappa shape index (κ3) is 10.7. The van der Waals surface area contributed by atoms with E-state index in [1.54, 1.807) is 0 Å². The summed E-state index contributed by atoms with van der Waals surface area (Å²) in [5.41, 5.74) is 0. The van der Waals surface area contributed by atoms with E-state index in [1.807, 2.05) is 48.5 Å². The van der Waals surface area contributed by atoms with Gasteiger partial charge in [-0.25, -0.2) is 0 Å². The Bertz CT molecular complexity index is 587. The smallest absolute Gasteiger partial charge is 0.127 e. The van der Waals surface area contributed by atoms with E-state index >= 15 is 0 Å². The second kappa shape index (κ2) is 15.3. The third-order valence-electron chi connectivity index (χ3n) is 4.48. The lowest BCUT2D eigenvalue weighted by Gasteiger charge is -2.10. The van der Waals surface area contributed by atoms with Gasteiger partial charge in [-0.15, -0.1) is 23.2 Å². The van der Waals surface area contributed by atoms with E-state index < -0.39 is 0 Å². The summed E-state index contributed by atoms with van der Waals surface area (Å²) in [4.78, 5) is 0. The normalized spacial score (nSPS) is 10.7. The molecule has 0 saturated carbocycles. The zero-order chi connectivity index (χ0) is 20.6. The first kappa shape index (κ1) is 23.7. The van der Waals surface area contributed by atoms with Gasteiger partial charge >= 0.3 is 0 Å². The standard InChI is InChI=1S/C24H32Cl2O3/c25-17-5-1-3-7-19-27-21-9-13-23(14-10-21)29-24-15-11-22(12-16-24)28-20-8-4-2-6-18-26/h9-16H,1-8,17-20H2. The van der Waals surface area contributed by atoms with Crippen molar-refractivity contribution in [3.63, 3.8) is 0 Å². The highest BCUT2D eigenvalue weighted by atomic mass is 35.5. The zero-order valence-corrected chi connectivity index (χ0v) is 18.6. The lowest BCUT2D eigenvalue weighted by atomic mass is 10.2. The number of halogens is 2. The average molecular weight is 439 g/mol. The summed E-state index contributed by atoms with van der Waals surface area (Å²) in [7, 11) is 0. The Hall–Kier alpha value is -1.58. The number of benzene rings is 2. The van der Waals surface area contributed by atoms with Crippen LogP contribution in [0.2, 0.25) is 0 Å². The summed E-state index contributed by atoms with van der Waals surface area (Å²) < 4.78 is 17.4. The molecule has 0 unspecified atom stereocenters. The second-order valence-electron chi connectivity index (χ2n) is 6.95. The maximum atomic E-state index is 5.89. The molecule has 29 heavy (non-hydrogen) atoms. The minimum absolute atomic E-state index is 0.733. The number of hydrogen-bond donors (Lipinski definition) is 0. The van der Waals surface area contributed by atoms with Crippen molar-refractivity contribution in [2.45, 2.75) is 51.4 Å². The van der Waals surface area contributed by atoms with Crippen LogP contribution in [0.3, 0.4) is 0 Å². The zero-order valence-electron chi connectivity index (χ0n) is 17.1. The number of ether oxygens (including phenoxy) is 3. The van der Waals surface area contributed by atoms with Crippen LogP contribution in [0, 0.1) is 0 Å². The predicted molar refractivity (Wildman–Crippen MR) is 122 cm³/mol. The molecule has 0 saturated heterocycles. The lowest BCUT2D eigenvalue weighted by Crippen LogP contribution is -1.97. The summed E-state index contributed by atoms with van der Waals surface area (Å²) in [6.45, 7) is 1.47. The Morgan fingerprint density at radius 3 is 1.17 bits per heavy atom. The fourth-order valence-electron chi connectivity index (χ4n) is 2.82. The summed E-state index contributed by atoms with van der Waals surface area (Å²) in [5, 5.41) is 0. The Labute approximate surface area is 185 Å². The van der Waals surface area contributed by atoms with Crippen molar-refractivity contribution in [1.82, 2.24) is 0 Å². The summed E-state index contributed by atoms with van der Waals surface area (Å²) in [6.07, 6.45) is 8.90. The van der Waals surface area contributed by atoms with Gasteiger partial charge in [0.2, 0.25) is 0 Å². The quantitative estimate of drug-likeness (QED) is 0.197. The van der Waals surface area contributed by atoms with E-state index in [9.17, 15) is 0 Å². The second-order valence-corrected chi connectivity index (χ2v) is 7.70. The minimum Gasteiger partial charge on any atom is -0.494 e. The highest BCUT2D eigenvalue weighted by Crippen LogP contribution is 2.26. The van der Waals surface area contributed by atoms with Crippen LogP contribution in [0.15, 0.2) is 48.5 Å². The van der Waals surface area contributed by atoms with E-state index in [4.69, 9.17) is 37.4 Å². The molecule has 0 aromatic heterocycles. The largest absolute Gasteiger partial charge is 0.494 e. The highest BCUT2D eigenvalue weighted by Gasteiger charge is 2.01. The van der Waals surface area contributed by atoms with Gasteiger partial charge < -0.3 is 14.2 Å². The predicted octanol–water partition coefficient (Wildman–Crippen LogP) is 7.83. The van der Waals surface area contributed by atoms with Gasteiger partial charge in [0.25, 0.3) is 0 Å². The van der Waals surface area contributed by atoms with Crippen LogP contribution in [-0.4, -0.2) is 25.0 Å². The van der Waals surface area contributed by atoms with E-state index in [1.165, 1.54) is 0 Å². The molecule has 0 spiro atoms. The molecule has 0 aliphatic heterocycles. The topological polar surface area (TPSA) is 27.7 Å². The van der Waals surface area contributed by atoms with Crippen molar-refractivity contribution in [2.75, 3.05) is 25.0 Å². The van der Waals surface area contributed by atoms with Crippen molar-refractivity contribution >= 4 is 23.2 Å². The number of hydrogen-bond acceptors (Lipinski definition) is 3. The molecule has 0 aliphatic rings. The van der Waals surface area contributed by atoms with Gasteiger partial charge in [-0.3, -0.25) is 0 Å². The van der Waals surface area contributed by atoms with Crippen molar-refractivity contribution in [2.24, 2.45) is 0 Å². The maximum Gasteiger partial charge on any atom is 0.127 e. The van der Waals surface area contributed by atoms with Crippen molar-refractivity contribution in [1.29, 1.82) is 0 Å². The minimum atomic E-state index is 0.733. The molecule has 5 heteroatoms. The first-order valence-electron chi connectivity index (χ1n) is 10.6. The number of alkyl halides is 2. The van der Waals surface area contributed by atoms with Gasteiger partial charge in [0.05, 0.1) is 13.2 Å². The molecule has 0 N–H and O–H groups in total. The molecule has 160 valence electrons. The molecular formula is C24H32Cl2O3. The Morgan fingerprint density at radius 1 is 0.448 bits per heavy atom. The Balaban J connectivity index is 1.66. The van der Waals surface area contributed by atoms with Gasteiger partial charge in [-0.2, -0.15) is 0 Å². The van der Waals surface area contributed by atoms with Gasteiger partial charge in [0.15, 0.2) is 0 Å². The lowest BCUT2D eigenvalue weighted by molar-refractivity contribution is 0.304. The summed E-state index contributed by atoms with van der Waals surface area (Å²) >= 11 is 11.4. The van der Waals surface area contributed by atoms with Crippen LogP contribution in [0.5, 0.6) is 23.0 Å². The summed E-state index contributed by atoms with van der Waals surface area (Å²) in [6, 6.07) is 15.5. The van der Waals surface area contributed by atoms with E-state index in [0.717, 1.165) is 99.3 Å². The molecule has 0 bridgehead atoms. The SMILES string of the molecule is ClCCCCCCOc1ccc(Oc2ccc(OCCCCCCCl)cc2)cc1. The Morgan fingerprint density at radius 2 is 0.793 bits per heavy atom. The molecule has 2 aromatic rings. The van der Waals surface area contributed by atoms with Crippen LogP contribution in [-0.2, 0) is 0 Å². The molecule has 0 fully saturated rings. The van der Waals surface area contributed by atoms with Crippen LogP contribution in [0.25, 0.3) is 0 Å². The van der Waals surface area contributed by atoms with Gasteiger partial charge in [-0.1, -0.05) is 25.7 Å². The number of unbranched alkanes of at least 4 members (excludes halogenated alkanes) is 6. The van der Waals surface area contributed by atoms with Gasteiger partial charge in [0.1, 0.15) is 23.0 Å². The number of rotatable bonds is 16. The first-order valence-corrected chi connectivity index (χ1v) is 11.6.